The number of imidazole rings is 1. The van der Waals surface area contributed by atoms with Crippen molar-refractivity contribution in [1.29, 1.82) is 0 Å². The van der Waals surface area contributed by atoms with Crippen molar-refractivity contribution in [3.63, 3.8) is 0 Å². The number of guanidine groups is 1. The number of H-pyrrole nitrogens is 1. The Hall–Kier alpha value is -5.80. The summed E-state index contributed by atoms with van der Waals surface area (Å²) in [7, 11) is 0. The van der Waals surface area contributed by atoms with E-state index in [-0.39, 0.29) is 56.4 Å². The summed E-state index contributed by atoms with van der Waals surface area (Å²) in [6.07, 6.45) is 3.26. The van der Waals surface area contributed by atoms with Crippen LogP contribution in [0.1, 0.15) is 86.8 Å². The lowest BCUT2D eigenvalue weighted by molar-refractivity contribution is -0.142. The van der Waals surface area contributed by atoms with Crippen molar-refractivity contribution in [2.24, 2.45) is 34.2 Å². The van der Waals surface area contributed by atoms with Gasteiger partial charge in [0, 0.05) is 31.8 Å². The molecule has 14 N–H and O–H groups in total. The number of hydrogen-bond acceptors (Lipinski definition) is 11. The van der Waals surface area contributed by atoms with Gasteiger partial charge in [0.2, 0.25) is 41.4 Å². The smallest absolute Gasteiger partial charge is 0.326 e. The van der Waals surface area contributed by atoms with Crippen LogP contribution in [0, 0.1) is 17.8 Å². The fraction of sp³-hybridized carbons (Fsp3) is 0.676. The second-order valence-corrected chi connectivity index (χ2v) is 15.5. The molecule has 22 nitrogen and oxygen atoms in total. The molecule has 59 heavy (non-hydrogen) atoms. The van der Waals surface area contributed by atoms with Gasteiger partial charge in [-0.15, -0.1) is 0 Å². The lowest BCUT2D eigenvalue weighted by Crippen LogP contribution is -2.61. The number of carbonyl (C=O) groups excluding carboxylic acids is 7. The lowest BCUT2D eigenvalue weighted by Gasteiger charge is -2.29. The van der Waals surface area contributed by atoms with E-state index in [0.717, 1.165) is 6.92 Å². The van der Waals surface area contributed by atoms with Crippen LogP contribution in [0.25, 0.3) is 0 Å². The van der Waals surface area contributed by atoms with Gasteiger partial charge in [0.15, 0.2) is 5.96 Å². The standard InChI is InChI=1S/C37H64N12O10/c1-18(2)12-25(31(53)43-21(7)30(52)45-24(36(58)59)10-9-11-41-37(38)39)46-32(54)26(13-19(3)4)48-35(57)29(20(5)6)49-33(55)27(14-23-15-40-17-42-23)47-34(56)28(16-50)44-22(8)51/h15,17-21,24-29,50H,9-14,16H2,1-8H3,(H,40,42)(H,43,53)(H,44,51)(H,45,52)(H,46,54)(H,47,56)(H,48,57)(H,49,55)(H,58,59)(H4,38,39,41)/t21-,24-,25-,26-,27-,28-,29-/m0/s1. The van der Waals surface area contributed by atoms with Crippen molar-refractivity contribution in [2.75, 3.05) is 13.2 Å². The molecule has 0 aromatic carbocycles. The maximum Gasteiger partial charge on any atom is 0.326 e. The molecular formula is C37H64N12O10. The van der Waals surface area contributed by atoms with Crippen LogP contribution < -0.4 is 48.7 Å². The molecule has 0 bridgehead atoms. The Balaban J connectivity index is 3.20. The van der Waals surface area contributed by atoms with Crippen LogP contribution in [-0.4, -0.2) is 129 Å². The molecule has 0 aliphatic heterocycles. The number of amides is 7. The molecule has 1 aromatic rings. The van der Waals surface area contributed by atoms with Crippen molar-refractivity contribution in [3.05, 3.63) is 18.2 Å². The largest absolute Gasteiger partial charge is 0.480 e. The SMILES string of the molecule is CC(=O)N[C@@H](CO)C(=O)N[C@@H](Cc1cnc[nH]1)C(=O)N[C@H](C(=O)N[C@@H](CC(C)C)C(=O)N[C@@H](CC(C)C)C(=O)N[C@@H](C)C(=O)N[C@@H](CCCN=C(N)N)C(=O)O)C(C)C. The fourth-order valence-electron chi connectivity index (χ4n) is 5.70. The normalized spacial score (nSPS) is 14.7. The molecule has 0 saturated heterocycles. The summed E-state index contributed by atoms with van der Waals surface area (Å²) in [4.78, 5) is 115. The minimum Gasteiger partial charge on any atom is -0.480 e. The Morgan fingerprint density at radius 3 is 1.68 bits per heavy atom. The molecule has 0 aliphatic carbocycles. The number of carbonyl (C=O) groups is 8. The Labute approximate surface area is 344 Å². The van der Waals surface area contributed by atoms with Gasteiger partial charge in [0.05, 0.1) is 12.9 Å². The number of nitrogens with one attached hydrogen (secondary N) is 8. The summed E-state index contributed by atoms with van der Waals surface area (Å²) in [5, 5.41) is 37.0. The molecule has 1 rings (SSSR count). The molecule has 0 fully saturated rings. The summed E-state index contributed by atoms with van der Waals surface area (Å²) < 4.78 is 0. The highest BCUT2D eigenvalue weighted by atomic mass is 16.4. The van der Waals surface area contributed by atoms with Gasteiger partial charge < -0.3 is 63.9 Å². The van der Waals surface area contributed by atoms with E-state index in [1.807, 2.05) is 27.7 Å². The third-order valence-corrected chi connectivity index (χ3v) is 8.73. The number of carboxylic acids is 1. The predicted octanol–water partition coefficient (Wildman–Crippen LogP) is -2.74. The van der Waals surface area contributed by atoms with Gasteiger partial charge in [-0.05, 0) is 50.4 Å². The number of nitrogens with two attached hydrogens (primary N) is 2. The first-order valence-corrected chi connectivity index (χ1v) is 19.5. The topological polar surface area (TPSA) is 354 Å². The van der Waals surface area contributed by atoms with E-state index in [4.69, 9.17) is 11.5 Å². The second-order valence-electron chi connectivity index (χ2n) is 15.5. The molecule has 332 valence electrons. The zero-order chi connectivity index (χ0) is 45.0. The average Bonchev–Trinajstić information content (AvgIpc) is 3.65. The van der Waals surface area contributed by atoms with Gasteiger partial charge in [-0.3, -0.25) is 38.6 Å². The fourth-order valence-corrected chi connectivity index (χ4v) is 5.70. The van der Waals surface area contributed by atoms with E-state index < -0.39 is 102 Å². The number of aliphatic hydroxyl groups excluding tert-OH is 1. The van der Waals surface area contributed by atoms with Crippen LogP contribution in [0.3, 0.4) is 0 Å². The van der Waals surface area contributed by atoms with Crippen LogP contribution in [-0.2, 0) is 44.8 Å². The number of hydrogen-bond donors (Lipinski definition) is 12. The van der Waals surface area contributed by atoms with Gasteiger partial charge in [-0.25, -0.2) is 9.78 Å². The molecule has 22 heteroatoms. The Morgan fingerprint density at radius 2 is 1.20 bits per heavy atom. The Kier molecular flexibility index (Phi) is 22.2. The molecule has 0 saturated carbocycles. The van der Waals surface area contributed by atoms with E-state index in [2.05, 4.69) is 52.2 Å². The minimum absolute atomic E-state index is 0.0160. The molecular weight excluding hydrogens is 772 g/mol. The first kappa shape index (κ1) is 51.2. The van der Waals surface area contributed by atoms with E-state index in [1.54, 1.807) is 13.8 Å². The number of aliphatic hydroxyl groups is 1. The third-order valence-electron chi connectivity index (χ3n) is 8.73. The van der Waals surface area contributed by atoms with Crippen molar-refractivity contribution < 1.29 is 48.6 Å². The average molecular weight is 837 g/mol. The number of aliphatic imine (C=N–C) groups is 1. The highest BCUT2D eigenvalue weighted by molar-refractivity contribution is 5.97. The molecule has 0 unspecified atom stereocenters. The van der Waals surface area contributed by atoms with Crippen molar-refractivity contribution >= 4 is 53.3 Å². The molecule has 1 aromatic heterocycles. The molecule has 0 radical (unpaired) electrons. The molecule has 7 atom stereocenters. The predicted molar refractivity (Wildman–Crippen MR) is 216 cm³/mol. The van der Waals surface area contributed by atoms with Crippen molar-refractivity contribution in [1.82, 2.24) is 47.2 Å². The van der Waals surface area contributed by atoms with E-state index >= 15 is 0 Å². The summed E-state index contributed by atoms with van der Waals surface area (Å²) >= 11 is 0. The van der Waals surface area contributed by atoms with Crippen molar-refractivity contribution in [2.45, 2.75) is 130 Å². The molecule has 7 amide bonds. The van der Waals surface area contributed by atoms with Crippen LogP contribution in [0.2, 0.25) is 0 Å². The van der Waals surface area contributed by atoms with Gasteiger partial charge >= 0.3 is 5.97 Å². The number of carboxylic acid groups (broad SMARTS) is 1. The van der Waals surface area contributed by atoms with Crippen LogP contribution in [0.4, 0.5) is 0 Å². The molecule has 0 spiro atoms. The molecule has 0 aliphatic rings. The second kappa shape index (κ2) is 25.5. The highest BCUT2D eigenvalue weighted by Crippen LogP contribution is 2.12. The van der Waals surface area contributed by atoms with Crippen LogP contribution >= 0.6 is 0 Å². The number of aromatic amines is 1. The van der Waals surface area contributed by atoms with Crippen LogP contribution in [0.15, 0.2) is 17.5 Å². The quantitative estimate of drug-likeness (QED) is 0.0256. The minimum atomic E-state index is -1.35. The summed E-state index contributed by atoms with van der Waals surface area (Å²) in [6.45, 7) is 12.5. The summed E-state index contributed by atoms with van der Waals surface area (Å²) in [5.41, 5.74) is 11.0. The maximum atomic E-state index is 13.8. The summed E-state index contributed by atoms with van der Waals surface area (Å²) in [5.74, 6) is -7.36. The highest BCUT2D eigenvalue weighted by Gasteiger charge is 2.35. The van der Waals surface area contributed by atoms with Gasteiger partial charge in [-0.1, -0.05) is 41.5 Å². The number of rotatable bonds is 26. The van der Waals surface area contributed by atoms with E-state index in [1.165, 1.54) is 19.4 Å². The molecule has 1 heterocycles. The van der Waals surface area contributed by atoms with E-state index in [0.29, 0.717) is 5.69 Å². The monoisotopic (exact) mass is 836 g/mol. The summed E-state index contributed by atoms with van der Waals surface area (Å²) in [6, 6.07) is -8.68. The third kappa shape index (κ3) is 19.5. The first-order chi connectivity index (χ1) is 27.5. The van der Waals surface area contributed by atoms with Crippen LogP contribution in [0.5, 0.6) is 0 Å². The van der Waals surface area contributed by atoms with E-state index in [9.17, 15) is 48.6 Å². The maximum absolute atomic E-state index is 13.8. The Bertz CT molecular complexity index is 1600. The van der Waals surface area contributed by atoms with Gasteiger partial charge in [0.1, 0.15) is 42.3 Å². The zero-order valence-corrected chi connectivity index (χ0v) is 35.1. The van der Waals surface area contributed by atoms with Crippen molar-refractivity contribution in [3.8, 4) is 0 Å². The number of nitrogens with zero attached hydrogens (tertiary/aromatic N) is 2. The number of aliphatic carboxylic acids is 1. The first-order valence-electron chi connectivity index (χ1n) is 19.5. The Morgan fingerprint density at radius 1 is 0.695 bits per heavy atom. The van der Waals surface area contributed by atoms with Gasteiger partial charge in [-0.2, -0.15) is 0 Å². The number of aromatic nitrogens is 2. The van der Waals surface area contributed by atoms with Gasteiger partial charge in [0.25, 0.3) is 0 Å². The zero-order valence-electron chi connectivity index (χ0n) is 35.1. The lowest BCUT2D eigenvalue weighted by atomic mass is 9.98.